The third-order valence-electron chi connectivity index (χ3n) is 1.65. The number of nitrogens with two attached hydrogens (primary N) is 1. The molecule has 0 aliphatic carbocycles. The summed E-state index contributed by atoms with van der Waals surface area (Å²) in [6.07, 6.45) is 0. The van der Waals surface area contributed by atoms with Gasteiger partial charge in [-0.25, -0.2) is 0 Å². The normalized spacial score (nSPS) is 9.57. The summed E-state index contributed by atoms with van der Waals surface area (Å²) in [6, 6.07) is 5.00. The lowest BCUT2D eigenvalue weighted by atomic mass is 10.2. The Bertz CT molecular complexity index is 342. The number of rotatable bonds is 3. The van der Waals surface area contributed by atoms with Gasteiger partial charge in [-0.2, -0.15) is 0 Å². The SMILES string of the molecule is COc1ccc(NC(=O)CCl)c(N)c1. The van der Waals surface area contributed by atoms with Gasteiger partial charge in [0.1, 0.15) is 11.6 Å². The molecule has 5 heteroatoms. The Morgan fingerprint density at radius 3 is 2.86 bits per heavy atom. The quantitative estimate of drug-likeness (QED) is 0.591. The van der Waals surface area contributed by atoms with Crippen molar-refractivity contribution in [2.45, 2.75) is 0 Å². The zero-order valence-corrected chi connectivity index (χ0v) is 8.47. The van der Waals surface area contributed by atoms with Crippen molar-refractivity contribution in [1.82, 2.24) is 0 Å². The first-order valence-corrected chi connectivity index (χ1v) is 4.50. The third kappa shape index (κ3) is 2.53. The van der Waals surface area contributed by atoms with Crippen LogP contribution in [0.5, 0.6) is 5.75 Å². The minimum atomic E-state index is -0.288. The number of amides is 1. The summed E-state index contributed by atoms with van der Waals surface area (Å²) >= 11 is 5.34. The lowest BCUT2D eigenvalue weighted by molar-refractivity contribution is -0.113. The fourth-order valence-corrected chi connectivity index (χ4v) is 1.03. The molecule has 3 N–H and O–H groups in total. The molecule has 1 aromatic rings. The van der Waals surface area contributed by atoms with Crippen LogP contribution in [0.4, 0.5) is 11.4 Å². The van der Waals surface area contributed by atoms with E-state index in [1.807, 2.05) is 0 Å². The Morgan fingerprint density at radius 2 is 2.36 bits per heavy atom. The van der Waals surface area contributed by atoms with Gasteiger partial charge in [0.25, 0.3) is 0 Å². The van der Waals surface area contributed by atoms with Gasteiger partial charge >= 0.3 is 0 Å². The summed E-state index contributed by atoms with van der Waals surface area (Å²) in [5.41, 5.74) is 6.65. The molecule has 0 atom stereocenters. The minimum absolute atomic E-state index is 0.0918. The molecule has 0 fully saturated rings. The van der Waals surface area contributed by atoms with E-state index in [2.05, 4.69) is 5.32 Å². The van der Waals surface area contributed by atoms with Crippen LogP contribution in [-0.2, 0) is 4.79 Å². The highest BCUT2D eigenvalue weighted by Gasteiger charge is 2.04. The molecule has 0 radical (unpaired) electrons. The molecule has 0 unspecified atom stereocenters. The molecule has 0 heterocycles. The van der Waals surface area contributed by atoms with Crippen LogP contribution in [0.15, 0.2) is 18.2 Å². The van der Waals surface area contributed by atoms with Crippen molar-refractivity contribution in [2.24, 2.45) is 0 Å². The van der Waals surface area contributed by atoms with Crippen LogP contribution in [0.25, 0.3) is 0 Å². The number of methoxy groups -OCH3 is 1. The number of halogens is 1. The fourth-order valence-electron chi connectivity index (χ4n) is 0.965. The summed E-state index contributed by atoms with van der Waals surface area (Å²) in [5.74, 6) is 0.265. The number of hydrogen-bond donors (Lipinski definition) is 2. The minimum Gasteiger partial charge on any atom is -0.497 e. The molecule has 14 heavy (non-hydrogen) atoms. The molecule has 0 saturated carbocycles. The largest absolute Gasteiger partial charge is 0.497 e. The predicted molar refractivity (Wildman–Crippen MR) is 56.8 cm³/mol. The van der Waals surface area contributed by atoms with Crippen molar-refractivity contribution in [3.8, 4) is 5.75 Å². The van der Waals surface area contributed by atoms with Crippen molar-refractivity contribution in [2.75, 3.05) is 24.0 Å². The van der Waals surface area contributed by atoms with Gasteiger partial charge in [-0.3, -0.25) is 4.79 Å². The smallest absolute Gasteiger partial charge is 0.239 e. The van der Waals surface area contributed by atoms with Gasteiger partial charge in [-0.1, -0.05) is 0 Å². The highest BCUT2D eigenvalue weighted by atomic mass is 35.5. The van der Waals surface area contributed by atoms with E-state index < -0.39 is 0 Å². The molecule has 1 aromatic carbocycles. The number of alkyl halides is 1. The Labute approximate surface area is 87.0 Å². The van der Waals surface area contributed by atoms with E-state index in [0.29, 0.717) is 17.1 Å². The van der Waals surface area contributed by atoms with Gasteiger partial charge in [0, 0.05) is 6.07 Å². The van der Waals surface area contributed by atoms with E-state index in [1.54, 1.807) is 25.3 Å². The molecule has 0 spiro atoms. The van der Waals surface area contributed by atoms with Crippen LogP contribution in [0.1, 0.15) is 0 Å². The van der Waals surface area contributed by atoms with Crippen LogP contribution in [-0.4, -0.2) is 18.9 Å². The van der Waals surface area contributed by atoms with Gasteiger partial charge in [-0.15, -0.1) is 11.6 Å². The summed E-state index contributed by atoms with van der Waals surface area (Å²) in [5, 5.41) is 2.56. The van der Waals surface area contributed by atoms with Crippen LogP contribution in [0.3, 0.4) is 0 Å². The van der Waals surface area contributed by atoms with E-state index in [1.165, 1.54) is 0 Å². The molecule has 76 valence electrons. The number of hydrogen-bond acceptors (Lipinski definition) is 3. The van der Waals surface area contributed by atoms with Crippen molar-refractivity contribution >= 4 is 28.9 Å². The lowest BCUT2D eigenvalue weighted by Gasteiger charge is -2.08. The second-order valence-corrected chi connectivity index (χ2v) is 2.90. The maximum Gasteiger partial charge on any atom is 0.239 e. The molecule has 0 aliphatic rings. The summed E-state index contributed by atoms with van der Waals surface area (Å²) in [7, 11) is 1.55. The lowest BCUT2D eigenvalue weighted by Crippen LogP contribution is -2.13. The van der Waals surface area contributed by atoms with Crippen molar-refractivity contribution in [3.63, 3.8) is 0 Å². The molecular weight excluding hydrogens is 204 g/mol. The molecule has 1 rings (SSSR count). The molecule has 1 amide bonds. The molecular formula is C9H11ClN2O2. The number of anilines is 2. The number of nitrogens with one attached hydrogen (secondary N) is 1. The maximum atomic E-state index is 11.0. The number of carbonyl (C=O) groups is 1. The highest BCUT2D eigenvalue weighted by Crippen LogP contribution is 2.23. The first-order valence-electron chi connectivity index (χ1n) is 3.96. The monoisotopic (exact) mass is 214 g/mol. The molecule has 0 bridgehead atoms. The van der Waals surface area contributed by atoms with Crippen molar-refractivity contribution in [3.05, 3.63) is 18.2 Å². The van der Waals surface area contributed by atoms with Crippen LogP contribution < -0.4 is 15.8 Å². The summed E-state index contributed by atoms with van der Waals surface area (Å²) in [6.45, 7) is 0. The van der Waals surface area contributed by atoms with Gasteiger partial charge in [0.05, 0.1) is 18.5 Å². The van der Waals surface area contributed by atoms with E-state index in [-0.39, 0.29) is 11.8 Å². The van der Waals surface area contributed by atoms with E-state index in [9.17, 15) is 4.79 Å². The average molecular weight is 215 g/mol. The van der Waals surface area contributed by atoms with Crippen LogP contribution in [0, 0.1) is 0 Å². The second kappa shape index (κ2) is 4.72. The summed E-state index contributed by atoms with van der Waals surface area (Å²) < 4.78 is 4.96. The van der Waals surface area contributed by atoms with Crippen molar-refractivity contribution < 1.29 is 9.53 Å². The number of ether oxygens (including phenoxy) is 1. The average Bonchev–Trinajstić information content (AvgIpc) is 2.20. The standard InChI is InChI=1S/C9H11ClN2O2/c1-14-6-2-3-8(7(11)4-6)12-9(13)5-10/h2-4H,5,11H2,1H3,(H,12,13). The maximum absolute atomic E-state index is 11.0. The second-order valence-electron chi connectivity index (χ2n) is 2.63. The van der Waals surface area contributed by atoms with Crippen LogP contribution in [0.2, 0.25) is 0 Å². The van der Waals surface area contributed by atoms with E-state index in [4.69, 9.17) is 22.1 Å². The van der Waals surface area contributed by atoms with E-state index >= 15 is 0 Å². The Balaban J connectivity index is 2.83. The number of benzene rings is 1. The van der Waals surface area contributed by atoms with Crippen molar-refractivity contribution in [1.29, 1.82) is 0 Å². The van der Waals surface area contributed by atoms with Gasteiger partial charge in [-0.05, 0) is 12.1 Å². The predicted octanol–water partition coefficient (Wildman–Crippen LogP) is 1.45. The number of carbonyl (C=O) groups excluding carboxylic acids is 1. The molecule has 0 aromatic heterocycles. The highest BCUT2D eigenvalue weighted by molar-refractivity contribution is 6.29. The van der Waals surface area contributed by atoms with Crippen LogP contribution >= 0.6 is 11.6 Å². The molecule has 0 aliphatic heterocycles. The fraction of sp³-hybridized carbons (Fsp3) is 0.222. The third-order valence-corrected chi connectivity index (χ3v) is 1.90. The molecule has 4 nitrogen and oxygen atoms in total. The zero-order valence-electron chi connectivity index (χ0n) is 7.71. The van der Waals surface area contributed by atoms with E-state index in [0.717, 1.165) is 0 Å². The Kier molecular flexibility index (Phi) is 3.59. The Morgan fingerprint density at radius 1 is 1.64 bits per heavy atom. The molecule has 0 saturated heterocycles. The van der Waals surface area contributed by atoms with Gasteiger partial charge in [0.2, 0.25) is 5.91 Å². The Hall–Kier alpha value is -1.42. The van der Waals surface area contributed by atoms with Gasteiger partial charge < -0.3 is 15.8 Å². The first kappa shape index (κ1) is 10.7. The topological polar surface area (TPSA) is 64.3 Å². The first-order chi connectivity index (χ1) is 6.67. The van der Waals surface area contributed by atoms with Gasteiger partial charge in [0.15, 0.2) is 0 Å². The zero-order chi connectivity index (χ0) is 10.6. The number of nitrogen functional groups attached to an aromatic ring is 1. The summed E-state index contributed by atoms with van der Waals surface area (Å²) in [4.78, 5) is 11.0.